The van der Waals surface area contributed by atoms with E-state index in [1.165, 1.54) is 23.9 Å². The maximum Gasteiger partial charge on any atom is 0.248 e. The lowest BCUT2D eigenvalue weighted by molar-refractivity contribution is -0.111. The minimum atomic E-state index is -0.291. The van der Waals surface area contributed by atoms with E-state index in [0.29, 0.717) is 4.90 Å². The Bertz CT molecular complexity index is 584. The average molecular weight is 273 g/mol. The molecule has 0 radical (unpaired) electrons. The van der Waals surface area contributed by atoms with Crippen LogP contribution in [0.25, 0.3) is 0 Å². The molecule has 0 aliphatic carbocycles. The van der Waals surface area contributed by atoms with E-state index in [0.717, 1.165) is 5.69 Å². The molecule has 0 saturated heterocycles. The number of carbonyl (C=O) groups is 1. The fraction of sp³-hybridized carbons (Fsp3) is 0. The highest BCUT2D eigenvalue weighted by Gasteiger charge is 1.99. The Kier molecular flexibility index (Phi) is 4.75. The molecule has 0 aliphatic rings. The Hall–Kier alpha value is -2.07. The quantitative estimate of drug-likeness (QED) is 0.672. The molecular formula is C15H12FNOS. The van der Waals surface area contributed by atoms with Crippen molar-refractivity contribution in [2.24, 2.45) is 0 Å². The molecule has 19 heavy (non-hydrogen) atoms. The molecule has 1 N–H and O–H groups in total. The number of thioether (sulfide) groups is 1. The van der Waals surface area contributed by atoms with Crippen molar-refractivity contribution in [2.45, 2.75) is 4.90 Å². The van der Waals surface area contributed by atoms with Crippen molar-refractivity contribution in [3.63, 3.8) is 0 Å². The molecule has 0 spiro atoms. The summed E-state index contributed by atoms with van der Waals surface area (Å²) in [6, 6.07) is 15.6. The molecule has 2 aromatic rings. The van der Waals surface area contributed by atoms with Gasteiger partial charge in [-0.25, -0.2) is 4.39 Å². The van der Waals surface area contributed by atoms with Crippen molar-refractivity contribution in [1.29, 1.82) is 0 Å². The molecule has 2 nitrogen and oxygen atoms in total. The Morgan fingerprint density at radius 3 is 2.47 bits per heavy atom. The van der Waals surface area contributed by atoms with E-state index >= 15 is 0 Å². The predicted molar refractivity (Wildman–Crippen MR) is 76.5 cm³/mol. The van der Waals surface area contributed by atoms with Crippen molar-refractivity contribution in [2.75, 3.05) is 5.32 Å². The average Bonchev–Trinajstić information content (AvgIpc) is 2.42. The van der Waals surface area contributed by atoms with Crippen LogP contribution in [-0.4, -0.2) is 5.91 Å². The largest absolute Gasteiger partial charge is 0.322 e. The van der Waals surface area contributed by atoms with Gasteiger partial charge in [0.15, 0.2) is 0 Å². The summed E-state index contributed by atoms with van der Waals surface area (Å²) in [5.74, 6) is -0.532. The van der Waals surface area contributed by atoms with E-state index in [-0.39, 0.29) is 11.7 Å². The van der Waals surface area contributed by atoms with Crippen molar-refractivity contribution in [1.82, 2.24) is 0 Å². The molecule has 1 amide bonds. The number of nitrogens with one attached hydrogen (secondary N) is 1. The third-order valence-corrected chi connectivity index (χ3v) is 3.15. The van der Waals surface area contributed by atoms with Crippen LogP contribution in [0.3, 0.4) is 0 Å². The molecule has 4 heteroatoms. The van der Waals surface area contributed by atoms with Crippen LogP contribution in [0.4, 0.5) is 10.1 Å². The highest BCUT2D eigenvalue weighted by Crippen LogP contribution is 2.21. The van der Waals surface area contributed by atoms with Crippen LogP contribution in [0, 0.1) is 5.82 Å². The second-order valence-electron chi connectivity index (χ2n) is 3.71. The molecule has 0 saturated carbocycles. The second kappa shape index (κ2) is 6.75. The molecule has 2 rings (SSSR count). The van der Waals surface area contributed by atoms with Gasteiger partial charge in [0, 0.05) is 16.7 Å². The zero-order valence-electron chi connectivity index (χ0n) is 10.0. The Balaban J connectivity index is 1.89. The lowest BCUT2D eigenvalue weighted by Gasteiger charge is -2.00. The number of anilines is 1. The van der Waals surface area contributed by atoms with Gasteiger partial charge in [-0.1, -0.05) is 42.1 Å². The van der Waals surface area contributed by atoms with E-state index in [1.807, 2.05) is 18.2 Å². The monoisotopic (exact) mass is 273 g/mol. The third-order valence-electron chi connectivity index (χ3n) is 2.29. The standard InChI is InChI=1S/C15H12FNOS/c16-13-8-4-5-9-14(13)19-11-10-15(18)17-12-6-2-1-3-7-12/h1-11H,(H,17,18). The SMILES string of the molecule is O=C(C=CSc1ccccc1F)Nc1ccccc1. The molecule has 0 aliphatic heterocycles. The van der Waals surface area contributed by atoms with Crippen molar-refractivity contribution < 1.29 is 9.18 Å². The maximum absolute atomic E-state index is 13.3. The van der Waals surface area contributed by atoms with Gasteiger partial charge in [0.1, 0.15) is 5.82 Å². The van der Waals surface area contributed by atoms with Crippen LogP contribution in [0.2, 0.25) is 0 Å². The summed E-state index contributed by atoms with van der Waals surface area (Å²) in [5, 5.41) is 4.28. The number of amides is 1. The number of carbonyl (C=O) groups excluding carboxylic acids is 1. The number of benzene rings is 2. The van der Waals surface area contributed by atoms with E-state index in [4.69, 9.17) is 0 Å². The fourth-order valence-electron chi connectivity index (χ4n) is 1.41. The predicted octanol–water partition coefficient (Wildman–Crippen LogP) is 4.07. The van der Waals surface area contributed by atoms with Gasteiger partial charge >= 0.3 is 0 Å². The fourth-order valence-corrected chi connectivity index (χ4v) is 2.09. The zero-order valence-corrected chi connectivity index (χ0v) is 10.9. The summed E-state index contributed by atoms with van der Waals surface area (Å²) in [6.45, 7) is 0. The summed E-state index contributed by atoms with van der Waals surface area (Å²) in [6.07, 6.45) is 1.38. The summed E-state index contributed by atoms with van der Waals surface area (Å²) in [7, 11) is 0. The number of hydrogen-bond acceptors (Lipinski definition) is 2. The number of halogens is 1. The molecule has 96 valence electrons. The van der Waals surface area contributed by atoms with E-state index in [1.54, 1.807) is 35.7 Å². The van der Waals surface area contributed by atoms with E-state index in [2.05, 4.69) is 5.32 Å². The van der Waals surface area contributed by atoms with Gasteiger partial charge < -0.3 is 5.32 Å². The number of hydrogen-bond donors (Lipinski definition) is 1. The number of para-hydroxylation sites is 1. The van der Waals surface area contributed by atoms with Crippen LogP contribution in [-0.2, 0) is 4.79 Å². The lowest BCUT2D eigenvalue weighted by Crippen LogP contribution is -2.07. The van der Waals surface area contributed by atoms with E-state index in [9.17, 15) is 9.18 Å². The van der Waals surface area contributed by atoms with E-state index < -0.39 is 0 Å². The highest BCUT2D eigenvalue weighted by atomic mass is 32.2. The van der Waals surface area contributed by atoms with Crippen molar-refractivity contribution in [3.05, 3.63) is 71.9 Å². The third kappa shape index (κ3) is 4.26. The van der Waals surface area contributed by atoms with Crippen LogP contribution in [0.1, 0.15) is 0 Å². The summed E-state index contributed by atoms with van der Waals surface area (Å²) in [4.78, 5) is 12.1. The summed E-state index contributed by atoms with van der Waals surface area (Å²) in [5.41, 5.74) is 0.730. The van der Waals surface area contributed by atoms with Gasteiger partial charge in [-0.05, 0) is 29.7 Å². The first kappa shape index (κ1) is 13.4. The van der Waals surface area contributed by atoms with Crippen molar-refractivity contribution in [3.8, 4) is 0 Å². The van der Waals surface area contributed by atoms with Crippen LogP contribution < -0.4 is 5.32 Å². The molecule has 0 unspecified atom stereocenters. The van der Waals surface area contributed by atoms with Gasteiger partial charge in [0.2, 0.25) is 5.91 Å². The molecular weight excluding hydrogens is 261 g/mol. The molecule has 0 bridgehead atoms. The summed E-state index contributed by atoms with van der Waals surface area (Å²) < 4.78 is 13.3. The van der Waals surface area contributed by atoms with Crippen LogP contribution >= 0.6 is 11.8 Å². The first-order valence-corrected chi connectivity index (χ1v) is 6.57. The molecule has 0 aromatic heterocycles. The molecule has 0 heterocycles. The normalized spacial score (nSPS) is 10.6. The zero-order chi connectivity index (χ0) is 13.5. The van der Waals surface area contributed by atoms with Crippen LogP contribution in [0.5, 0.6) is 0 Å². The summed E-state index contributed by atoms with van der Waals surface area (Å²) >= 11 is 1.17. The smallest absolute Gasteiger partial charge is 0.248 e. The first-order valence-electron chi connectivity index (χ1n) is 5.69. The van der Waals surface area contributed by atoms with Crippen LogP contribution in [0.15, 0.2) is 71.0 Å². The molecule has 0 atom stereocenters. The Morgan fingerprint density at radius 2 is 1.74 bits per heavy atom. The Labute approximate surface area is 115 Å². The lowest BCUT2D eigenvalue weighted by atomic mass is 10.3. The highest BCUT2D eigenvalue weighted by molar-refractivity contribution is 8.02. The maximum atomic E-state index is 13.3. The minimum Gasteiger partial charge on any atom is -0.322 e. The van der Waals surface area contributed by atoms with Crippen molar-refractivity contribution >= 4 is 23.4 Å². The van der Waals surface area contributed by atoms with Gasteiger partial charge in [-0.15, -0.1) is 0 Å². The van der Waals surface area contributed by atoms with Gasteiger partial charge in [-0.3, -0.25) is 4.79 Å². The van der Waals surface area contributed by atoms with Gasteiger partial charge in [-0.2, -0.15) is 0 Å². The van der Waals surface area contributed by atoms with Gasteiger partial charge in [0.05, 0.1) is 0 Å². The molecule has 2 aromatic carbocycles. The minimum absolute atomic E-state index is 0.241. The van der Waals surface area contributed by atoms with Gasteiger partial charge in [0.25, 0.3) is 0 Å². The first-order chi connectivity index (χ1) is 9.25. The number of rotatable bonds is 4. The molecule has 0 fully saturated rings. The topological polar surface area (TPSA) is 29.1 Å². The Morgan fingerprint density at radius 1 is 1.05 bits per heavy atom. The second-order valence-corrected chi connectivity index (χ2v) is 4.65.